The lowest BCUT2D eigenvalue weighted by Crippen LogP contribution is -2.46. The van der Waals surface area contributed by atoms with Gasteiger partial charge in [-0.1, -0.05) is 0 Å². The molecule has 0 spiro atoms. The molecule has 2 heterocycles. The Morgan fingerprint density at radius 2 is 2.08 bits per heavy atom. The quantitative estimate of drug-likeness (QED) is 0.370. The van der Waals surface area contributed by atoms with Crippen molar-refractivity contribution in [1.29, 1.82) is 0 Å². The SMILES string of the molecule is COC(=O)C1=C(C)N(C)C(=S)N[C@@H]1c1cc2c(cc1[N+](=O)[O-])OCO2. The Hall–Kier alpha value is -2.88. The van der Waals surface area contributed by atoms with Crippen molar-refractivity contribution in [1.82, 2.24) is 10.2 Å². The zero-order chi connectivity index (χ0) is 18.3. The minimum absolute atomic E-state index is 0.0199. The number of nitro benzene ring substituents is 1. The molecule has 0 radical (unpaired) electrons. The molecule has 0 saturated heterocycles. The van der Waals surface area contributed by atoms with E-state index in [0.717, 1.165) is 0 Å². The third-order valence-electron chi connectivity index (χ3n) is 4.19. The first-order valence-corrected chi connectivity index (χ1v) is 7.67. The summed E-state index contributed by atoms with van der Waals surface area (Å²) >= 11 is 5.27. The number of nitrogens with zero attached hydrogens (tertiary/aromatic N) is 2. The number of methoxy groups -OCH3 is 1. The van der Waals surface area contributed by atoms with Crippen LogP contribution in [0.1, 0.15) is 18.5 Å². The summed E-state index contributed by atoms with van der Waals surface area (Å²) in [7, 11) is 2.94. The van der Waals surface area contributed by atoms with Crippen LogP contribution in [0.4, 0.5) is 5.69 Å². The van der Waals surface area contributed by atoms with Crippen molar-refractivity contribution in [3.63, 3.8) is 0 Å². The predicted octanol–water partition coefficient (Wildman–Crippen LogP) is 1.63. The van der Waals surface area contributed by atoms with Crippen molar-refractivity contribution in [3.8, 4) is 11.5 Å². The number of benzene rings is 1. The zero-order valence-corrected chi connectivity index (χ0v) is 14.5. The van der Waals surface area contributed by atoms with Crippen LogP contribution in [0.2, 0.25) is 0 Å². The normalized spacial score (nSPS) is 18.9. The minimum atomic E-state index is -0.842. The molecule has 1 atom stereocenters. The number of esters is 1. The second-order valence-corrected chi connectivity index (χ2v) is 5.84. The number of rotatable bonds is 3. The van der Waals surface area contributed by atoms with E-state index in [1.54, 1.807) is 18.9 Å². The summed E-state index contributed by atoms with van der Waals surface area (Å²) in [4.78, 5) is 24.9. The molecule has 0 saturated carbocycles. The van der Waals surface area contributed by atoms with Gasteiger partial charge in [-0.05, 0) is 25.2 Å². The molecule has 0 bridgehead atoms. The second kappa shape index (κ2) is 6.20. The lowest BCUT2D eigenvalue weighted by molar-refractivity contribution is -0.385. The molecule has 0 fully saturated rings. The molecule has 1 N–H and O–H groups in total. The van der Waals surface area contributed by atoms with Gasteiger partial charge in [-0.25, -0.2) is 4.79 Å². The number of ether oxygens (including phenoxy) is 3. The van der Waals surface area contributed by atoms with Crippen molar-refractivity contribution in [2.75, 3.05) is 21.0 Å². The van der Waals surface area contributed by atoms with E-state index >= 15 is 0 Å². The van der Waals surface area contributed by atoms with Gasteiger partial charge in [0.25, 0.3) is 5.69 Å². The van der Waals surface area contributed by atoms with E-state index in [1.165, 1.54) is 19.2 Å². The van der Waals surface area contributed by atoms with Gasteiger partial charge in [-0.2, -0.15) is 0 Å². The van der Waals surface area contributed by atoms with Crippen LogP contribution in [-0.4, -0.2) is 41.9 Å². The summed E-state index contributed by atoms with van der Waals surface area (Å²) in [6.07, 6.45) is 0. The van der Waals surface area contributed by atoms with Gasteiger partial charge in [0.2, 0.25) is 6.79 Å². The van der Waals surface area contributed by atoms with Gasteiger partial charge < -0.3 is 24.4 Å². The van der Waals surface area contributed by atoms with E-state index in [2.05, 4.69) is 5.32 Å². The van der Waals surface area contributed by atoms with E-state index in [9.17, 15) is 14.9 Å². The van der Waals surface area contributed by atoms with Crippen molar-refractivity contribution in [2.45, 2.75) is 13.0 Å². The Balaban J connectivity index is 2.21. The Morgan fingerprint density at radius 1 is 1.44 bits per heavy atom. The summed E-state index contributed by atoms with van der Waals surface area (Å²) in [6, 6.07) is 1.93. The minimum Gasteiger partial charge on any atom is -0.466 e. The second-order valence-electron chi connectivity index (χ2n) is 5.45. The van der Waals surface area contributed by atoms with Gasteiger partial charge in [0.05, 0.1) is 35.3 Å². The van der Waals surface area contributed by atoms with E-state index in [4.69, 9.17) is 26.4 Å². The van der Waals surface area contributed by atoms with Crippen LogP contribution < -0.4 is 14.8 Å². The molecule has 3 rings (SSSR count). The topological polar surface area (TPSA) is 103 Å². The number of nitrogens with one attached hydrogen (secondary N) is 1. The Bertz CT molecular complexity index is 822. The van der Waals surface area contributed by atoms with Crippen LogP contribution in [0.3, 0.4) is 0 Å². The lowest BCUT2D eigenvalue weighted by Gasteiger charge is -2.35. The first-order chi connectivity index (χ1) is 11.8. The molecular formula is C15H15N3O6S. The summed E-state index contributed by atoms with van der Waals surface area (Å²) in [5.41, 5.74) is 0.820. The number of nitro groups is 1. The maximum atomic E-state index is 12.3. The van der Waals surface area contributed by atoms with E-state index in [0.29, 0.717) is 16.6 Å². The Kier molecular flexibility index (Phi) is 4.21. The third-order valence-corrected chi connectivity index (χ3v) is 4.58. The molecule has 25 heavy (non-hydrogen) atoms. The molecule has 9 nitrogen and oxygen atoms in total. The van der Waals surface area contributed by atoms with Gasteiger partial charge in [0.1, 0.15) is 0 Å². The summed E-state index contributed by atoms with van der Waals surface area (Å²) in [5, 5.41) is 14.8. The molecule has 0 amide bonds. The highest BCUT2D eigenvalue weighted by Gasteiger charge is 2.38. The number of carbonyl (C=O) groups is 1. The number of allylic oxidation sites excluding steroid dienone is 1. The fourth-order valence-corrected chi connectivity index (χ4v) is 3.03. The maximum absolute atomic E-state index is 12.3. The van der Waals surface area contributed by atoms with E-state index < -0.39 is 16.9 Å². The number of carbonyl (C=O) groups excluding carboxylic acids is 1. The van der Waals surface area contributed by atoms with Crippen molar-refractivity contribution >= 4 is 29.0 Å². The molecule has 10 heteroatoms. The molecule has 0 aromatic heterocycles. The van der Waals surface area contributed by atoms with Crippen LogP contribution >= 0.6 is 12.2 Å². The van der Waals surface area contributed by atoms with Gasteiger partial charge in [0, 0.05) is 12.7 Å². The van der Waals surface area contributed by atoms with Crippen LogP contribution in [-0.2, 0) is 9.53 Å². The first kappa shape index (κ1) is 17.0. The maximum Gasteiger partial charge on any atom is 0.337 e. The summed E-state index contributed by atoms with van der Waals surface area (Å²) in [6.45, 7) is 1.68. The third kappa shape index (κ3) is 2.74. The molecule has 2 aliphatic rings. The Labute approximate surface area is 148 Å². The largest absolute Gasteiger partial charge is 0.466 e. The van der Waals surface area contributed by atoms with Gasteiger partial charge in [0.15, 0.2) is 16.6 Å². The molecule has 1 aromatic carbocycles. The summed E-state index contributed by atoms with van der Waals surface area (Å²) < 4.78 is 15.4. The number of hydrogen-bond acceptors (Lipinski definition) is 7. The van der Waals surface area contributed by atoms with E-state index in [-0.39, 0.29) is 29.4 Å². The van der Waals surface area contributed by atoms with Gasteiger partial charge in [-0.3, -0.25) is 10.1 Å². The molecule has 0 unspecified atom stereocenters. The van der Waals surface area contributed by atoms with Crippen LogP contribution in [0.25, 0.3) is 0 Å². The molecule has 132 valence electrons. The average molecular weight is 365 g/mol. The lowest BCUT2D eigenvalue weighted by atomic mass is 9.93. The highest BCUT2D eigenvalue weighted by Crippen LogP contribution is 2.43. The smallest absolute Gasteiger partial charge is 0.337 e. The van der Waals surface area contributed by atoms with Gasteiger partial charge >= 0.3 is 5.97 Å². The first-order valence-electron chi connectivity index (χ1n) is 7.26. The fraction of sp³-hybridized carbons (Fsp3) is 0.333. The average Bonchev–Trinajstić information content (AvgIpc) is 3.05. The highest BCUT2D eigenvalue weighted by molar-refractivity contribution is 7.80. The standard InChI is InChI=1S/C15H15N3O6S/c1-7-12(14(19)22-3)13(16-15(25)17(7)2)8-4-10-11(24-6-23-10)5-9(8)18(20)21/h4-5,13H,6H2,1-3H3,(H,16,25)/t13-/m1/s1. The summed E-state index contributed by atoms with van der Waals surface area (Å²) in [5.74, 6) is 0.0525. The van der Waals surface area contributed by atoms with Crippen molar-refractivity contribution < 1.29 is 23.9 Å². The zero-order valence-electron chi connectivity index (χ0n) is 13.7. The van der Waals surface area contributed by atoms with Crippen molar-refractivity contribution in [3.05, 3.63) is 39.1 Å². The van der Waals surface area contributed by atoms with Crippen LogP contribution in [0.15, 0.2) is 23.4 Å². The van der Waals surface area contributed by atoms with E-state index in [1.807, 2.05) is 0 Å². The monoisotopic (exact) mass is 365 g/mol. The number of hydrogen-bond donors (Lipinski definition) is 1. The fourth-order valence-electron chi connectivity index (χ4n) is 2.78. The van der Waals surface area contributed by atoms with Gasteiger partial charge in [-0.15, -0.1) is 0 Å². The van der Waals surface area contributed by atoms with Crippen molar-refractivity contribution in [2.24, 2.45) is 0 Å². The highest BCUT2D eigenvalue weighted by atomic mass is 32.1. The number of fused-ring (bicyclic) bond motifs is 1. The molecule has 1 aromatic rings. The van der Waals surface area contributed by atoms with Crippen LogP contribution in [0.5, 0.6) is 11.5 Å². The number of thiocarbonyl (C=S) groups is 1. The molecular weight excluding hydrogens is 350 g/mol. The predicted molar refractivity (Wildman–Crippen MR) is 90.2 cm³/mol. The Morgan fingerprint density at radius 3 is 2.68 bits per heavy atom. The van der Waals surface area contributed by atoms with Crippen LogP contribution in [0, 0.1) is 10.1 Å². The molecule has 2 aliphatic heterocycles. The molecule has 0 aliphatic carbocycles.